The van der Waals surface area contributed by atoms with Gasteiger partial charge in [-0.25, -0.2) is 0 Å². The topological polar surface area (TPSA) is 63.1 Å². The number of para-hydroxylation sites is 2. The lowest BCUT2D eigenvalue weighted by Crippen LogP contribution is -3.15. The normalized spacial score (nSPS) is 21.2. The van der Waals surface area contributed by atoms with Crippen LogP contribution in [0.2, 0.25) is 0 Å². The molecule has 3 rings (SSSR count). The zero-order valence-corrected chi connectivity index (χ0v) is 13.0. The fraction of sp³-hybridized carbons (Fsp3) is 0.500. The van der Waals surface area contributed by atoms with E-state index in [4.69, 9.17) is 4.74 Å². The molecule has 1 saturated heterocycles. The molecule has 2 N–H and O–H groups in total. The third-order valence-electron chi connectivity index (χ3n) is 4.36. The number of hydrogen-bond donors (Lipinski definition) is 2. The summed E-state index contributed by atoms with van der Waals surface area (Å²) in [5.74, 6) is -0.180. The molecular weight excluding hydrogens is 282 g/mol. The van der Waals surface area contributed by atoms with E-state index in [1.165, 1.54) is 4.90 Å². The Morgan fingerprint density at radius 1 is 1.32 bits per heavy atom. The highest BCUT2D eigenvalue weighted by Crippen LogP contribution is 2.36. The van der Waals surface area contributed by atoms with Crippen LogP contribution in [0.5, 0.6) is 0 Å². The number of carbonyl (C=O) groups is 2. The molecule has 0 aliphatic carbocycles. The number of anilines is 2. The minimum atomic E-state index is -0.892. The Kier molecular flexibility index (Phi) is 3.88. The number of ether oxygens (including phenoxy) is 1. The van der Waals surface area contributed by atoms with Gasteiger partial charge in [0.1, 0.15) is 18.6 Å². The van der Waals surface area contributed by atoms with Crippen LogP contribution in [-0.2, 0) is 14.3 Å². The first-order valence-electron chi connectivity index (χ1n) is 7.65. The second-order valence-corrected chi connectivity index (χ2v) is 6.30. The van der Waals surface area contributed by atoms with E-state index >= 15 is 0 Å². The third kappa shape index (κ3) is 2.60. The third-order valence-corrected chi connectivity index (χ3v) is 4.36. The molecule has 1 aromatic carbocycles. The van der Waals surface area contributed by atoms with Crippen LogP contribution in [-0.4, -0.2) is 50.2 Å². The standard InChI is InChI=1S/C16H21N3O3/c1-16(2)15(21)17-12-5-3-4-6-13(12)19(16)14(20)11-18-7-9-22-10-8-18/h3-6H,7-11H2,1-2H3,(H,17,21)/p+1. The first-order chi connectivity index (χ1) is 10.5. The molecule has 1 fully saturated rings. The van der Waals surface area contributed by atoms with Gasteiger partial charge in [0.15, 0.2) is 6.54 Å². The Balaban J connectivity index is 1.88. The molecule has 6 nitrogen and oxygen atoms in total. The smallest absolute Gasteiger partial charge is 0.283 e. The Hall–Kier alpha value is -1.92. The summed E-state index contributed by atoms with van der Waals surface area (Å²) in [6.45, 7) is 6.97. The summed E-state index contributed by atoms with van der Waals surface area (Å²) in [6, 6.07) is 7.44. The van der Waals surface area contributed by atoms with Crippen molar-refractivity contribution in [2.24, 2.45) is 0 Å². The van der Waals surface area contributed by atoms with Crippen molar-refractivity contribution in [1.29, 1.82) is 0 Å². The molecule has 22 heavy (non-hydrogen) atoms. The van der Waals surface area contributed by atoms with Crippen LogP contribution in [0.4, 0.5) is 11.4 Å². The zero-order valence-electron chi connectivity index (χ0n) is 13.0. The molecule has 0 saturated carbocycles. The van der Waals surface area contributed by atoms with Crippen molar-refractivity contribution in [2.75, 3.05) is 43.1 Å². The molecule has 2 aliphatic rings. The van der Waals surface area contributed by atoms with Gasteiger partial charge in [-0.15, -0.1) is 0 Å². The van der Waals surface area contributed by atoms with Crippen LogP contribution < -0.4 is 15.1 Å². The Bertz CT molecular complexity index is 594. The number of fused-ring (bicyclic) bond motifs is 1. The van der Waals surface area contributed by atoms with Crippen molar-refractivity contribution in [1.82, 2.24) is 0 Å². The van der Waals surface area contributed by atoms with Crippen molar-refractivity contribution in [2.45, 2.75) is 19.4 Å². The van der Waals surface area contributed by atoms with Gasteiger partial charge in [0.2, 0.25) is 5.91 Å². The average Bonchev–Trinajstić information content (AvgIpc) is 2.49. The van der Waals surface area contributed by atoms with Gasteiger partial charge in [-0.05, 0) is 26.0 Å². The molecular formula is C16H22N3O3+. The average molecular weight is 304 g/mol. The van der Waals surface area contributed by atoms with Crippen molar-refractivity contribution in [3.8, 4) is 0 Å². The van der Waals surface area contributed by atoms with Gasteiger partial charge in [-0.2, -0.15) is 0 Å². The van der Waals surface area contributed by atoms with E-state index in [0.29, 0.717) is 25.4 Å². The predicted octanol–water partition coefficient (Wildman–Crippen LogP) is -0.335. The second kappa shape index (κ2) is 5.70. The van der Waals surface area contributed by atoms with Crippen molar-refractivity contribution in [3.05, 3.63) is 24.3 Å². The SMILES string of the molecule is CC1(C)C(=O)Nc2ccccc2N1C(=O)C[NH+]1CCOCC1. The summed E-state index contributed by atoms with van der Waals surface area (Å²) in [5.41, 5.74) is 0.568. The highest BCUT2D eigenvalue weighted by atomic mass is 16.5. The maximum atomic E-state index is 12.9. The largest absolute Gasteiger partial charge is 0.370 e. The number of morpholine rings is 1. The van der Waals surface area contributed by atoms with E-state index in [9.17, 15) is 9.59 Å². The molecule has 0 radical (unpaired) electrons. The molecule has 0 bridgehead atoms. The first kappa shape index (κ1) is 15.0. The van der Waals surface area contributed by atoms with E-state index in [1.54, 1.807) is 18.7 Å². The summed E-state index contributed by atoms with van der Waals surface area (Å²) in [6.07, 6.45) is 0. The van der Waals surface area contributed by atoms with Gasteiger partial charge >= 0.3 is 0 Å². The summed E-state index contributed by atoms with van der Waals surface area (Å²) in [5, 5.41) is 2.88. The lowest BCUT2D eigenvalue weighted by atomic mass is 9.96. The minimum Gasteiger partial charge on any atom is -0.370 e. The monoisotopic (exact) mass is 304 g/mol. The number of nitrogens with one attached hydrogen (secondary N) is 2. The molecule has 2 aliphatic heterocycles. The number of quaternary nitrogens is 1. The summed E-state index contributed by atoms with van der Waals surface area (Å²) < 4.78 is 5.33. The quantitative estimate of drug-likeness (QED) is 0.786. The molecule has 2 heterocycles. The zero-order chi connectivity index (χ0) is 15.7. The molecule has 2 amide bonds. The summed E-state index contributed by atoms with van der Waals surface area (Å²) in [7, 11) is 0. The molecule has 0 spiro atoms. The molecule has 0 unspecified atom stereocenters. The van der Waals surface area contributed by atoms with Gasteiger partial charge in [0.25, 0.3) is 5.91 Å². The Morgan fingerprint density at radius 3 is 2.73 bits per heavy atom. The first-order valence-corrected chi connectivity index (χ1v) is 7.65. The van der Waals surface area contributed by atoms with E-state index in [2.05, 4.69) is 5.32 Å². The van der Waals surface area contributed by atoms with Crippen molar-refractivity contribution in [3.63, 3.8) is 0 Å². The van der Waals surface area contributed by atoms with Gasteiger partial charge in [0, 0.05) is 0 Å². The fourth-order valence-electron chi connectivity index (χ4n) is 3.03. The molecule has 1 aromatic rings. The van der Waals surface area contributed by atoms with Gasteiger partial charge in [-0.3, -0.25) is 14.5 Å². The van der Waals surface area contributed by atoms with Crippen LogP contribution in [0.25, 0.3) is 0 Å². The minimum absolute atomic E-state index is 0.0239. The van der Waals surface area contributed by atoms with Gasteiger partial charge < -0.3 is 15.0 Å². The van der Waals surface area contributed by atoms with Gasteiger partial charge in [-0.1, -0.05) is 12.1 Å². The maximum Gasteiger partial charge on any atom is 0.283 e. The molecule has 6 heteroatoms. The Morgan fingerprint density at radius 2 is 2.00 bits per heavy atom. The lowest BCUT2D eigenvalue weighted by Gasteiger charge is -2.42. The van der Waals surface area contributed by atoms with E-state index in [1.807, 2.05) is 24.3 Å². The lowest BCUT2D eigenvalue weighted by molar-refractivity contribution is -0.900. The van der Waals surface area contributed by atoms with E-state index in [-0.39, 0.29) is 11.8 Å². The molecule has 118 valence electrons. The predicted molar refractivity (Wildman–Crippen MR) is 83.0 cm³/mol. The number of hydrogen-bond acceptors (Lipinski definition) is 3. The van der Waals surface area contributed by atoms with Crippen LogP contribution in [0.1, 0.15) is 13.8 Å². The van der Waals surface area contributed by atoms with E-state index in [0.717, 1.165) is 18.8 Å². The number of nitrogens with zero attached hydrogens (tertiary/aromatic N) is 1. The second-order valence-electron chi connectivity index (χ2n) is 6.30. The molecule has 0 atom stereocenters. The summed E-state index contributed by atoms with van der Waals surface area (Å²) >= 11 is 0. The van der Waals surface area contributed by atoms with Crippen LogP contribution in [0, 0.1) is 0 Å². The van der Waals surface area contributed by atoms with Crippen molar-refractivity contribution >= 4 is 23.2 Å². The van der Waals surface area contributed by atoms with E-state index < -0.39 is 5.54 Å². The van der Waals surface area contributed by atoms with Crippen LogP contribution in [0.15, 0.2) is 24.3 Å². The fourth-order valence-corrected chi connectivity index (χ4v) is 3.03. The highest BCUT2D eigenvalue weighted by molar-refractivity contribution is 6.14. The number of rotatable bonds is 2. The van der Waals surface area contributed by atoms with Crippen molar-refractivity contribution < 1.29 is 19.2 Å². The van der Waals surface area contributed by atoms with Crippen LogP contribution >= 0.6 is 0 Å². The summed E-state index contributed by atoms with van der Waals surface area (Å²) in [4.78, 5) is 28.1. The van der Waals surface area contributed by atoms with Crippen LogP contribution in [0.3, 0.4) is 0 Å². The highest BCUT2D eigenvalue weighted by Gasteiger charge is 2.44. The number of carbonyl (C=O) groups excluding carboxylic acids is 2. The van der Waals surface area contributed by atoms with Gasteiger partial charge in [0.05, 0.1) is 24.6 Å². The number of benzene rings is 1. The maximum absolute atomic E-state index is 12.9. The number of amides is 2. The molecule has 0 aromatic heterocycles. The Labute approximate surface area is 130 Å².